The third-order valence-corrected chi connectivity index (χ3v) is 2.95. The van der Waals surface area contributed by atoms with E-state index in [1.807, 2.05) is 0 Å². The number of anilines is 1. The van der Waals surface area contributed by atoms with E-state index in [0.29, 0.717) is 11.3 Å². The lowest BCUT2D eigenvalue weighted by atomic mass is 10.1. The first-order valence-electron chi connectivity index (χ1n) is 5.58. The third-order valence-electron chi connectivity index (χ3n) is 2.57. The normalized spacial score (nSPS) is 10.3. The number of aliphatic hydroxyl groups is 1. The van der Waals surface area contributed by atoms with Crippen molar-refractivity contribution in [2.75, 3.05) is 5.73 Å². The van der Waals surface area contributed by atoms with Crippen LogP contribution in [0.3, 0.4) is 0 Å². The van der Waals surface area contributed by atoms with E-state index in [9.17, 15) is 4.79 Å². The summed E-state index contributed by atoms with van der Waals surface area (Å²) in [5, 5.41) is 17.6. The molecule has 7 heteroatoms. The molecule has 0 radical (unpaired) electrons. The monoisotopic (exact) mass is 294 g/mol. The van der Waals surface area contributed by atoms with Gasteiger partial charge in [0, 0.05) is 5.56 Å². The van der Waals surface area contributed by atoms with Crippen LogP contribution in [-0.4, -0.2) is 21.4 Å². The Morgan fingerprint density at radius 2 is 2.00 bits per heavy atom. The van der Waals surface area contributed by atoms with Gasteiger partial charge in [-0.2, -0.15) is 0 Å². The first-order valence-corrected chi connectivity index (χ1v) is 5.96. The number of rotatable bonds is 3. The van der Waals surface area contributed by atoms with Gasteiger partial charge in [0.2, 0.25) is 5.88 Å². The fraction of sp³-hybridized carbons (Fsp3) is 0.0769. The molecule has 0 atom stereocenters. The standard InChI is InChI=1S/C13H11ClN2O4/c14-11-9(15)5-10(16-12(11)20-13(18)19)8-3-1-7(6-17)2-4-8/h1-5,17H,6H2,(H2,15,16)(H,18,19). The number of pyridine rings is 1. The zero-order valence-electron chi connectivity index (χ0n) is 10.2. The van der Waals surface area contributed by atoms with Gasteiger partial charge in [0.15, 0.2) is 0 Å². The minimum Gasteiger partial charge on any atom is -0.449 e. The number of carbonyl (C=O) groups is 1. The highest BCUT2D eigenvalue weighted by Gasteiger charge is 2.14. The first kappa shape index (κ1) is 14.1. The number of hydrogen-bond acceptors (Lipinski definition) is 5. The van der Waals surface area contributed by atoms with Crippen LogP contribution in [0.15, 0.2) is 30.3 Å². The second-order valence-corrected chi connectivity index (χ2v) is 4.32. The van der Waals surface area contributed by atoms with Crippen LogP contribution in [0.25, 0.3) is 11.3 Å². The van der Waals surface area contributed by atoms with Crippen LogP contribution < -0.4 is 10.5 Å². The van der Waals surface area contributed by atoms with Crippen LogP contribution >= 0.6 is 11.6 Å². The molecule has 0 spiro atoms. The van der Waals surface area contributed by atoms with Crippen LogP contribution in [0.4, 0.5) is 10.5 Å². The Morgan fingerprint density at radius 1 is 1.35 bits per heavy atom. The first-order chi connectivity index (χ1) is 9.51. The Kier molecular flexibility index (Phi) is 4.07. The quantitative estimate of drug-likeness (QED) is 0.751. The smallest absolute Gasteiger partial charge is 0.449 e. The van der Waals surface area contributed by atoms with Crippen molar-refractivity contribution in [3.8, 4) is 17.1 Å². The Bertz CT molecular complexity index is 644. The second kappa shape index (κ2) is 5.77. The molecule has 6 nitrogen and oxygen atoms in total. The molecule has 2 aromatic rings. The van der Waals surface area contributed by atoms with Crippen molar-refractivity contribution < 1.29 is 19.7 Å². The molecule has 1 aromatic heterocycles. The maximum Gasteiger partial charge on any atom is 0.512 e. The van der Waals surface area contributed by atoms with Gasteiger partial charge >= 0.3 is 6.16 Å². The summed E-state index contributed by atoms with van der Waals surface area (Å²) < 4.78 is 4.49. The molecule has 104 valence electrons. The van der Waals surface area contributed by atoms with E-state index in [0.717, 1.165) is 5.56 Å². The minimum absolute atomic E-state index is 0.0527. The number of benzene rings is 1. The average Bonchev–Trinajstić information content (AvgIpc) is 2.43. The minimum atomic E-state index is -1.52. The van der Waals surface area contributed by atoms with Crippen LogP contribution in [0.2, 0.25) is 5.02 Å². The van der Waals surface area contributed by atoms with Gasteiger partial charge in [-0.25, -0.2) is 9.78 Å². The number of carboxylic acid groups (broad SMARTS) is 1. The molecule has 4 N–H and O–H groups in total. The van der Waals surface area contributed by atoms with Crippen molar-refractivity contribution in [2.45, 2.75) is 6.61 Å². The molecule has 0 saturated carbocycles. The molecule has 0 bridgehead atoms. The predicted octanol–water partition coefficient (Wildman–Crippen LogP) is 2.53. The molecule has 0 aliphatic heterocycles. The lowest BCUT2D eigenvalue weighted by Crippen LogP contribution is -2.06. The Balaban J connectivity index is 2.45. The number of nitrogens with zero attached hydrogens (tertiary/aromatic N) is 1. The number of halogens is 1. The predicted molar refractivity (Wildman–Crippen MR) is 73.7 cm³/mol. The van der Waals surface area contributed by atoms with E-state index in [2.05, 4.69) is 9.72 Å². The summed E-state index contributed by atoms with van der Waals surface area (Å²) in [5.74, 6) is -0.264. The largest absolute Gasteiger partial charge is 0.512 e. The number of hydrogen-bond donors (Lipinski definition) is 3. The fourth-order valence-electron chi connectivity index (χ4n) is 1.60. The van der Waals surface area contributed by atoms with Crippen molar-refractivity contribution in [1.29, 1.82) is 0 Å². The maximum absolute atomic E-state index is 10.6. The van der Waals surface area contributed by atoms with Gasteiger partial charge in [-0.1, -0.05) is 35.9 Å². The molecule has 2 rings (SSSR count). The summed E-state index contributed by atoms with van der Waals surface area (Å²) in [7, 11) is 0. The molecule has 0 aliphatic rings. The number of ether oxygens (including phenoxy) is 1. The van der Waals surface area contributed by atoms with Crippen LogP contribution in [-0.2, 0) is 6.61 Å². The van der Waals surface area contributed by atoms with Gasteiger partial charge in [0.05, 0.1) is 18.0 Å². The lowest BCUT2D eigenvalue weighted by molar-refractivity contribution is 0.142. The number of aromatic nitrogens is 1. The highest BCUT2D eigenvalue weighted by Crippen LogP contribution is 2.32. The maximum atomic E-state index is 10.6. The van der Waals surface area contributed by atoms with Crippen molar-refractivity contribution in [3.63, 3.8) is 0 Å². The van der Waals surface area contributed by atoms with E-state index in [1.54, 1.807) is 24.3 Å². The van der Waals surface area contributed by atoms with E-state index in [4.69, 9.17) is 27.5 Å². The number of aliphatic hydroxyl groups excluding tert-OH is 1. The van der Waals surface area contributed by atoms with Crippen molar-refractivity contribution in [3.05, 3.63) is 40.9 Å². The summed E-state index contributed by atoms with van der Waals surface area (Å²) in [5.41, 5.74) is 7.74. The molecule has 0 aliphatic carbocycles. The molecule has 0 amide bonds. The average molecular weight is 295 g/mol. The van der Waals surface area contributed by atoms with Crippen molar-refractivity contribution >= 4 is 23.4 Å². The zero-order chi connectivity index (χ0) is 14.7. The zero-order valence-corrected chi connectivity index (χ0v) is 11.0. The summed E-state index contributed by atoms with van der Waals surface area (Å²) in [6.45, 7) is -0.0656. The van der Waals surface area contributed by atoms with Gasteiger partial charge < -0.3 is 20.7 Å². The van der Waals surface area contributed by atoms with Gasteiger partial charge in [-0.15, -0.1) is 0 Å². The SMILES string of the molecule is Nc1cc(-c2ccc(CO)cc2)nc(OC(=O)O)c1Cl. The summed E-state index contributed by atoms with van der Waals surface area (Å²) >= 11 is 5.84. The van der Waals surface area contributed by atoms with Gasteiger partial charge in [0.1, 0.15) is 5.02 Å². The Labute approximate surface area is 119 Å². The summed E-state index contributed by atoms with van der Waals surface area (Å²) in [4.78, 5) is 14.6. The molecular weight excluding hydrogens is 284 g/mol. The number of nitrogen functional groups attached to an aromatic ring is 1. The van der Waals surface area contributed by atoms with Gasteiger partial charge in [0.25, 0.3) is 0 Å². The topological polar surface area (TPSA) is 106 Å². The fourth-order valence-corrected chi connectivity index (χ4v) is 1.74. The van der Waals surface area contributed by atoms with Crippen molar-refractivity contribution in [1.82, 2.24) is 4.98 Å². The Morgan fingerprint density at radius 3 is 2.55 bits per heavy atom. The van der Waals surface area contributed by atoms with Crippen LogP contribution in [0.5, 0.6) is 5.88 Å². The molecule has 20 heavy (non-hydrogen) atoms. The lowest BCUT2D eigenvalue weighted by Gasteiger charge is -2.08. The molecule has 0 unspecified atom stereocenters. The van der Waals surface area contributed by atoms with E-state index >= 15 is 0 Å². The van der Waals surface area contributed by atoms with E-state index in [1.165, 1.54) is 6.07 Å². The third kappa shape index (κ3) is 2.98. The molecule has 0 fully saturated rings. The van der Waals surface area contributed by atoms with E-state index < -0.39 is 6.16 Å². The molecule has 0 saturated heterocycles. The number of nitrogens with two attached hydrogens (primary N) is 1. The summed E-state index contributed by atoms with van der Waals surface area (Å²) in [6, 6.07) is 8.42. The highest BCUT2D eigenvalue weighted by molar-refractivity contribution is 6.34. The molecule has 1 aromatic carbocycles. The van der Waals surface area contributed by atoms with Gasteiger partial charge in [-0.3, -0.25) is 0 Å². The van der Waals surface area contributed by atoms with Crippen LogP contribution in [0, 0.1) is 0 Å². The molecule has 1 heterocycles. The second-order valence-electron chi connectivity index (χ2n) is 3.94. The Hall–Kier alpha value is -2.31. The van der Waals surface area contributed by atoms with Crippen molar-refractivity contribution in [2.24, 2.45) is 0 Å². The highest BCUT2D eigenvalue weighted by atomic mass is 35.5. The summed E-state index contributed by atoms with van der Waals surface area (Å²) in [6.07, 6.45) is -1.52. The van der Waals surface area contributed by atoms with Crippen LogP contribution in [0.1, 0.15) is 5.56 Å². The van der Waals surface area contributed by atoms with Gasteiger partial charge in [-0.05, 0) is 11.6 Å². The van der Waals surface area contributed by atoms with E-state index in [-0.39, 0.29) is 23.2 Å². The molecular formula is C13H11ClN2O4.